The molecule has 0 bridgehead atoms. The Kier molecular flexibility index (Phi) is 4.72. The summed E-state index contributed by atoms with van der Waals surface area (Å²) in [5, 5.41) is 9.68. The molecule has 1 aliphatic heterocycles. The third kappa shape index (κ3) is 3.09. The molecule has 1 N–H and O–H groups in total. The van der Waals surface area contributed by atoms with Crippen molar-refractivity contribution in [3.8, 4) is 0 Å². The van der Waals surface area contributed by atoms with Crippen LogP contribution in [0, 0.1) is 20.8 Å². The van der Waals surface area contributed by atoms with E-state index in [1.807, 2.05) is 12.1 Å². The summed E-state index contributed by atoms with van der Waals surface area (Å²) in [5.74, 6) is -0.712. The van der Waals surface area contributed by atoms with Crippen molar-refractivity contribution in [2.75, 3.05) is 6.54 Å². The van der Waals surface area contributed by atoms with Crippen LogP contribution in [-0.2, 0) is 4.79 Å². The third-order valence-electron chi connectivity index (χ3n) is 5.12. The van der Waals surface area contributed by atoms with E-state index in [1.54, 1.807) is 0 Å². The average Bonchev–Trinajstić information content (AvgIpc) is 3.02. The number of likely N-dealkylation sites (tertiary alicyclic amines) is 1. The molecule has 0 aromatic heterocycles. The Morgan fingerprint density at radius 2 is 1.79 bits per heavy atom. The van der Waals surface area contributed by atoms with Crippen LogP contribution in [0.3, 0.4) is 0 Å². The molecule has 0 radical (unpaired) electrons. The molecule has 0 saturated carbocycles. The predicted octanol–water partition coefficient (Wildman–Crippen LogP) is 4.25. The zero-order valence-corrected chi connectivity index (χ0v) is 14.6. The van der Waals surface area contributed by atoms with Gasteiger partial charge >= 0.3 is 5.97 Å². The van der Waals surface area contributed by atoms with Crippen molar-refractivity contribution in [1.29, 1.82) is 0 Å². The fourth-order valence-corrected chi connectivity index (χ4v) is 3.84. The van der Waals surface area contributed by atoms with Gasteiger partial charge in [0.2, 0.25) is 0 Å². The van der Waals surface area contributed by atoms with Crippen molar-refractivity contribution in [3.63, 3.8) is 0 Å². The number of carboxylic acids is 1. The minimum atomic E-state index is -0.712. The van der Waals surface area contributed by atoms with Gasteiger partial charge in [0.1, 0.15) is 6.04 Å². The highest BCUT2D eigenvalue weighted by Crippen LogP contribution is 2.37. The molecule has 0 aliphatic carbocycles. The third-order valence-corrected chi connectivity index (χ3v) is 5.12. The zero-order valence-electron chi connectivity index (χ0n) is 14.6. The molecule has 1 heterocycles. The molecule has 3 heteroatoms. The van der Waals surface area contributed by atoms with Gasteiger partial charge in [0.05, 0.1) is 6.04 Å². The summed E-state index contributed by atoms with van der Waals surface area (Å²) in [7, 11) is 0. The molecule has 1 aliphatic rings. The maximum absolute atomic E-state index is 11.8. The highest BCUT2D eigenvalue weighted by atomic mass is 16.4. The lowest BCUT2D eigenvalue weighted by Gasteiger charge is -2.34. The number of carboxylic acid groups (broad SMARTS) is 1. The van der Waals surface area contributed by atoms with E-state index in [4.69, 9.17) is 0 Å². The van der Waals surface area contributed by atoms with Crippen LogP contribution in [0.2, 0.25) is 0 Å². The first kappa shape index (κ1) is 16.7. The molecule has 1 saturated heterocycles. The van der Waals surface area contributed by atoms with Gasteiger partial charge in [0, 0.05) is 6.54 Å². The van der Waals surface area contributed by atoms with Gasteiger partial charge in [-0.25, -0.2) is 0 Å². The largest absolute Gasteiger partial charge is 0.480 e. The van der Waals surface area contributed by atoms with E-state index in [9.17, 15) is 9.90 Å². The molecule has 3 nitrogen and oxygen atoms in total. The number of nitrogens with zero attached hydrogens (tertiary/aromatic N) is 1. The van der Waals surface area contributed by atoms with E-state index >= 15 is 0 Å². The molecular formula is C21H25NO2. The van der Waals surface area contributed by atoms with E-state index in [0.717, 1.165) is 19.4 Å². The van der Waals surface area contributed by atoms with Crippen molar-refractivity contribution in [3.05, 3.63) is 70.3 Å². The molecule has 1 fully saturated rings. The lowest BCUT2D eigenvalue weighted by molar-refractivity contribution is -0.142. The van der Waals surface area contributed by atoms with E-state index in [2.05, 4.69) is 56.0 Å². The summed E-state index contributed by atoms with van der Waals surface area (Å²) < 4.78 is 0. The highest BCUT2D eigenvalue weighted by molar-refractivity contribution is 5.74. The van der Waals surface area contributed by atoms with Crippen LogP contribution >= 0.6 is 0 Å². The van der Waals surface area contributed by atoms with E-state index in [1.165, 1.54) is 27.8 Å². The Labute approximate surface area is 143 Å². The second-order valence-corrected chi connectivity index (χ2v) is 6.85. The van der Waals surface area contributed by atoms with Crippen LogP contribution < -0.4 is 0 Å². The van der Waals surface area contributed by atoms with E-state index in [-0.39, 0.29) is 6.04 Å². The van der Waals surface area contributed by atoms with Crippen LogP contribution in [0.1, 0.15) is 46.7 Å². The van der Waals surface area contributed by atoms with Crippen LogP contribution in [0.25, 0.3) is 0 Å². The fraction of sp³-hybridized carbons (Fsp3) is 0.381. The monoisotopic (exact) mass is 323 g/mol. The maximum atomic E-state index is 11.8. The summed E-state index contributed by atoms with van der Waals surface area (Å²) in [6.07, 6.45) is 1.66. The van der Waals surface area contributed by atoms with Crippen LogP contribution in [0.5, 0.6) is 0 Å². The minimum absolute atomic E-state index is 0.00491. The molecule has 126 valence electrons. The van der Waals surface area contributed by atoms with E-state index < -0.39 is 12.0 Å². The summed E-state index contributed by atoms with van der Waals surface area (Å²) in [6.45, 7) is 7.14. The Morgan fingerprint density at radius 1 is 1.08 bits per heavy atom. The molecule has 0 amide bonds. The van der Waals surface area contributed by atoms with Crippen molar-refractivity contribution in [2.45, 2.75) is 45.7 Å². The highest BCUT2D eigenvalue weighted by Gasteiger charge is 2.37. The topological polar surface area (TPSA) is 40.5 Å². The molecular weight excluding hydrogens is 298 g/mol. The van der Waals surface area contributed by atoms with Crippen LogP contribution in [-0.4, -0.2) is 28.6 Å². The Morgan fingerprint density at radius 3 is 2.50 bits per heavy atom. The number of hydrogen-bond acceptors (Lipinski definition) is 2. The molecule has 24 heavy (non-hydrogen) atoms. The Balaban J connectivity index is 2.16. The number of rotatable bonds is 4. The summed E-state index contributed by atoms with van der Waals surface area (Å²) in [4.78, 5) is 13.9. The van der Waals surface area contributed by atoms with Gasteiger partial charge < -0.3 is 5.11 Å². The van der Waals surface area contributed by atoms with Gasteiger partial charge in [-0.2, -0.15) is 0 Å². The number of benzene rings is 2. The number of hydrogen-bond donors (Lipinski definition) is 1. The normalized spacial score (nSPS) is 19.4. The first-order valence-corrected chi connectivity index (χ1v) is 8.60. The van der Waals surface area contributed by atoms with Crippen molar-refractivity contribution >= 4 is 5.97 Å². The quantitative estimate of drug-likeness (QED) is 0.914. The van der Waals surface area contributed by atoms with Crippen molar-refractivity contribution in [2.24, 2.45) is 0 Å². The molecule has 2 aromatic rings. The molecule has 0 spiro atoms. The minimum Gasteiger partial charge on any atom is -0.480 e. The summed E-state index contributed by atoms with van der Waals surface area (Å²) in [6, 6.07) is 14.4. The smallest absolute Gasteiger partial charge is 0.320 e. The van der Waals surface area contributed by atoms with E-state index in [0.29, 0.717) is 0 Å². The number of carbonyl (C=O) groups is 1. The van der Waals surface area contributed by atoms with Gasteiger partial charge in [0.25, 0.3) is 0 Å². The zero-order chi connectivity index (χ0) is 17.3. The van der Waals surface area contributed by atoms with Gasteiger partial charge in [-0.05, 0) is 55.9 Å². The lowest BCUT2D eigenvalue weighted by Crippen LogP contribution is -2.39. The van der Waals surface area contributed by atoms with Crippen molar-refractivity contribution < 1.29 is 9.90 Å². The standard InChI is InChI=1S/C21H25NO2/c1-14-10-11-16(3)18(13-14)20(17-8-5-4-7-15(17)2)22-12-6-9-19(22)21(23)24/h4-5,7-8,10-11,13,19-20H,6,9,12H2,1-3H3,(H,23,24). The Bertz CT molecular complexity index is 753. The molecule has 2 atom stereocenters. The first-order chi connectivity index (χ1) is 11.5. The van der Waals surface area contributed by atoms with Crippen molar-refractivity contribution in [1.82, 2.24) is 4.90 Å². The SMILES string of the molecule is Cc1ccc(C)c(C(c2ccccc2C)N2CCCC2C(=O)O)c1. The average molecular weight is 323 g/mol. The van der Waals surface area contributed by atoms with Gasteiger partial charge in [-0.15, -0.1) is 0 Å². The molecule has 2 aromatic carbocycles. The second kappa shape index (κ2) is 6.78. The predicted molar refractivity (Wildman–Crippen MR) is 96.3 cm³/mol. The van der Waals surface area contributed by atoms with Gasteiger partial charge in [0.15, 0.2) is 0 Å². The molecule has 2 unspecified atom stereocenters. The maximum Gasteiger partial charge on any atom is 0.320 e. The van der Waals surface area contributed by atoms with Gasteiger partial charge in [-0.3, -0.25) is 9.69 Å². The second-order valence-electron chi connectivity index (χ2n) is 6.85. The molecule has 3 rings (SSSR count). The van der Waals surface area contributed by atoms with Crippen LogP contribution in [0.4, 0.5) is 0 Å². The lowest BCUT2D eigenvalue weighted by atomic mass is 9.89. The summed E-state index contributed by atoms with van der Waals surface area (Å²) >= 11 is 0. The van der Waals surface area contributed by atoms with Gasteiger partial charge in [-0.1, -0.05) is 48.0 Å². The summed E-state index contributed by atoms with van der Waals surface area (Å²) in [5.41, 5.74) is 6.06. The number of aliphatic carboxylic acids is 1. The Hall–Kier alpha value is -2.13. The first-order valence-electron chi connectivity index (χ1n) is 8.60. The van der Waals surface area contributed by atoms with Crippen LogP contribution in [0.15, 0.2) is 42.5 Å². The number of aryl methyl sites for hydroxylation is 3. The fourth-order valence-electron chi connectivity index (χ4n) is 3.84.